The monoisotopic (exact) mass is 280 g/mol. The van der Waals surface area contributed by atoms with E-state index in [0.717, 1.165) is 10.9 Å². The number of benzene rings is 2. The second-order valence-corrected chi connectivity index (χ2v) is 5.13. The maximum Gasteiger partial charge on any atom is 0.170 e. The molecule has 0 spiro atoms. The number of ether oxygens (including phenoxy) is 1. The fourth-order valence-electron chi connectivity index (χ4n) is 2.65. The second kappa shape index (κ2) is 4.38. The van der Waals surface area contributed by atoms with E-state index in [2.05, 4.69) is 0 Å². The lowest BCUT2D eigenvalue weighted by molar-refractivity contribution is 0.0850. The molecule has 1 unspecified atom stereocenters. The number of ketones is 1. The van der Waals surface area contributed by atoms with Crippen molar-refractivity contribution in [2.75, 3.05) is 0 Å². The van der Waals surface area contributed by atoms with Gasteiger partial charge >= 0.3 is 0 Å². The number of hydrogen-bond donors (Lipinski definition) is 1. The zero-order chi connectivity index (χ0) is 14.4. The van der Waals surface area contributed by atoms with Gasteiger partial charge in [0.2, 0.25) is 0 Å². The lowest BCUT2D eigenvalue weighted by Gasteiger charge is -2.25. The topological polar surface area (TPSA) is 59.7 Å². The summed E-state index contributed by atoms with van der Waals surface area (Å²) in [6.45, 7) is 0. The molecule has 1 aromatic heterocycles. The molecule has 1 aliphatic rings. The molecule has 1 aliphatic heterocycles. The lowest BCUT2D eigenvalue weighted by Crippen LogP contribution is -2.20. The van der Waals surface area contributed by atoms with E-state index < -0.39 is 0 Å². The first-order chi connectivity index (χ1) is 10.2. The molecule has 0 bridgehead atoms. The maximum absolute atomic E-state index is 12.3. The van der Waals surface area contributed by atoms with Gasteiger partial charge in [-0.1, -0.05) is 12.1 Å². The predicted octanol–water partition coefficient (Wildman–Crippen LogP) is 3.84. The first kappa shape index (κ1) is 12.0. The summed E-state index contributed by atoms with van der Waals surface area (Å²) in [7, 11) is 0. The molecular weight excluding hydrogens is 268 g/mol. The van der Waals surface area contributed by atoms with Gasteiger partial charge in [-0.05, 0) is 29.8 Å². The molecule has 3 aromatic rings. The van der Waals surface area contributed by atoms with E-state index in [0.29, 0.717) is 23.3 Å². The summed E-state index contributed by atoms with van der Waals surface area (Å²) in [5.41, 5.74) is 2.16. The number of carbonyl (C=O) groups is 1. The van der Waals surface area contributed by atoms with Crippen LogP contribution in [0.3, 0.4) is 0 Å². The van der Waals surface area contributed by atoms with Crippen molar-refractivity contribution in [1.29, 1.82) is 0 Å². The Morgan fingerprint density at radius 2 is 1.90 bits per heavy atom. The lowest BCUT2D eigenvalue weighted by atomic mass is 9.95. The number of furan rings is 1. The van der Waals surface area contributed by atoms with Gasteiger partial charge in [0.1, 0.15) is 23.2 Å². The molecule has 2 aromatic carbocycles. The number of carbonyl (C=O) groups excluding carboxylic acids is 1. The van der Waals surface area contributed by atoms with Crippen LogP contribution in [0.5, 0.6) is 11.5 Å². The van der Waals surface area contributed by atoms with E-state index in [1.807, 2.05) is 12.1 Å². The molecule has 1 N–H and O–H groups in total. The molecule has 4 heteroatoms. The van der Waals surface area contributed by atoms with Gasteiger partial charge in [0.25, 0.3) is 0 Å². The van der Waals surface area contributed by atoms with Crippen molar-refractivity contribution in [3.8, 4) is 11.5 Å². The van der Waals surface area contributed by atoms with E-state index in [4.69, 9.17) is 9.15 Å². The highest BCUT2D eigenvalue weighted by molar-refractivity contribution is 6.03. The van der Waals surface area contributed by atoms with Gasteiger partial charge < -0.3 is 14.3 Å². The molecule has 0 aliphatic carbocycles. The summed E-state index contributed by atoms with van der Waals surface area (Å²) in [4.78, 5) is 12.3. The summed E-state index contributed by atoms with van der Waals surface area (Å²) >= 11 is 0. The van der Waals surface area contributed by atoms with Crippen LogP contribution in [0.2, 0.25) is 0 Å². The first-order valence-electron chi connectivity index (χ1n) is 6.71. The van der Waals surface area contributed by atoms with Gasteiger partial charge in [-0.15, -0.1) is 0 Å². The third kappa shape index (κ3) is 1.96. The number of hydrogen-bond acceptors (Lipinski definition) is 4. The molecule has 0 saturated carbocycles. The Morgan fingerprint density at radius 3 is 2.71 bits per heavy atom. The van der Waals surface area contributed by atoms with Crippen molar-refractivity contribution in [2.24, 2.45) is 0 Å². The Kier molecular flexibility index (Phi) is 2.51. The van der Waals surface area contributed by atoms with Crippen LogP contribution in [0.25, 0.3) is 11.0 Å². The Labute approximate surface area is 120 Å². The fraction of sp³-hybridized carbons (Fsp3) is 0.118. The van der Waals surface area contributed by atoms with E-state index >= 15 is 0 Å². The number of aromatic hydroxyl groups is 1. The van der Waals surface area contributed by atoms with Gasteiger partial charge in [-0.25, -0.2) is 0 Å². The SMILES string of the molecule is O=C1CC(c2ccc(O)cc2)Oc2cc3occc3cc21. The van der Waals surface area contributed by atoms with Crippen LogP contribution in [-0.4, -0.2) is 10.9 Å². The van der Waals surface area contributed by atoms with Gasteiger partial charge in [-0.3, -0.25) is 4.79 Å². The van der Waals surface area contributed by atoms with Crippen molar-refractivity contribution in [2.45, 2.75) is 12.5 Å². The minimum atomic E-state index is -0.335. The van der Waals surface area contributed by atoms with E-state index in [1.54, 1.807) is 36.6 Å². The van der Waals surface area contributed by atoms with Crippen LogP contribution in [0.4, 0.5) is 0 Å². The van der Waals surface area contributed by atoms with Crippen molar-refractivity contribution >= 4 is 16.8 Å². The standard InChI is InChI=1S/C17H12O4/c18-12-3-1-10(2-4-12)16-8-14(19)13-7-11-5-6-20-15(11)9-17(13)21-16/h1-7,9,16,18H,8H2. The molecule has 2 heterocycles. The molecular formula is C17H12O4. The van der Waals surface area contributed by atoms with Crippen molar-refractivity contribution in [3.63, 3.8) is 0 Å². The highest BCUT2D eigenvalue weighted by Crippen LogP contribution is 2.37. The summed E-state index contributed by atoms with van der Waals surface area (Å²) in [6, 6.07) is 12.1. The molecule has 0 amide bonds. The van der Waals surface area contributed by atoms with Crippen LogP contribution in [0, 0.1) is 0 Å². The van der Waals surface area contributed by atoms with Crippen LogP contribution >= 0.6 is 0 Å². The normalized spacial score (nSPS) is 17.5. The number of Topliss-reactive ketones (excluding diaryl/α,β-unsaturated/α-hetero) is 1. The molecule has 4 rings (SSSR count). The summed E-state index contributed by atoms with van der Waals surface area (Å²) in [5, 5.41) is 10.2. The molecule has 0 fully saturated rings. The Hall–Kier alpha value is -2.75. The smallest absolute Gasteiger partial charge is 0.170 e. The van der Waals surface area contributed by atoms with Crippen molar-refractivity contribution < 1.29 is 19.1 Å². The first-order valence-corrected chi connectivity index (χ1v) is 6.71. The maximum atomic E-state index is 12.3. The number of phenolic OH excluding ortho intramolecular Hbond substituents is 1. The summed E-state index contributed by atoms with van der Waals surface area (Å²) < 4.78 is 11.3. The Balaban J connectivity index is 1.76. The fourth-order valence-corrected chi connectivity index (χ4v) is 2.65. The number of fused-ring (bicyclic) bond motifs is 2. The molecule has 21 heavy (non-hydrogen) atoms. The van der Waals surface area contributed by atoms with Gasteiger partial charge in [0, 0.05) is 11.5 Å². The quantitative estimate of drug-likeness (QED) is 0.735. The Morgan fingerprint density at radius 1 is 1.10 bits per heavy atom. The molecule has 0 saturated heterocycles. The minimum Gasteiger partial charge on any atom is -0.508 e. The van der Waals surface area contributed by atoms with E-state index in [-0.39, 0.29) is 17.6 Å². The highest BCUT2D eigenvalue weighted by atomic mass is 16.5. The van der Waals surface area contributed by atoms with E-state index in [9.17, 15) is 9.90 Å². The summed E-state index contributed by atoms with van der Waals surface area (Å²) in [6.07, 6.45) is 1.55. The van der Waals surface area contributed by atoms with Crippen molar-refractivity contribution in [1.82, 2.24) is 0 Å². The van der Waals surface area contributed by atoms with Gasteiger partial charge in [-0.2, -0.15) is 0 Å². The average molecular weight is 280 g/mol. The number of phenols is 1. The molecule has 104 valence electrons. The average Bonchev–Trinajstić information content (AvgIpc) is 2.93. The molecule has 0 radical (unpaired) electrons. The van der Waals surface area contributed by atoms with Gasteiger partial charge in [0.15, 0.2) is 5.78 Å². The van der Waals surface area contributed by atoms with Crippen molar-refractivity contribution in [3.05, 3.63) is 59.9 Å². The zero-order valence-electron chi connectivity index (χ0n) is 11.1. The Bertz CT molecular complexity index is 830. The van der Waals surface area contributed by atoms with Crippen LogP contribution in [-0.2, 0) is 0 Å². The van der Waals surface area contributed by atoms with Crippen LogP contribution in [0.1, 0.15) is 28.4 Å². The zero-order valence-corrected chi connectivity index (χ0v) is 11.1. The third-order valence-corrected chi connectivity index (χ3v) is 3.76. The second-order valence-electron chi connectivity index (χ2n) is 5.13. The van der Waals surface area contributed by atoms with Gasteiger partial charge in [0.05, 0.1) is 18.2 Å². The van der Waals surface area contributed by atoms with Crippen LogP contribution in [0.15, 0.2) is 53.1 Å². The minimum absolute atomic E-state index is 0.0532. The molecule has 1 atom stereocenters. The van der Waals surface area contributed by atoms with E-state index in [1.165, 1.54) is 0 Å². The van der Waals surface area contributed by atoms with Crippen LogP contribution < -0.4 is 4.74 Å². The summed E-state index contributed by atoms with van der Waals surface area (Å²) in [5.74, 6) is 0.794. The highest BCUT2D eigenvalue weighted by Gasteiger charge is 2.28. The third-order valence-electron chi connectivity index (χ3n) is 3.76. The molecule has 4 nitrogen and oxygen atoms in total. The predicted molar refractivity (Wildman–Crippen MR) is 76.6 cm³/mol. The number of rotatable bonds is 1. The largest absolute Gasteiger partial charge is 0.508 e.